The number of nitrogens with one attached hydrogen (secondary N) is 1. The maximum Gasteiger partial charge on any atom is 0.277 e. The number of carbonyl (C=O) groups excluding carboxylic acids is 7. The second-order valence-electron chi connectivity index (χ2n) is 7.15. The van der Waals surface area contributed by atoms with Gasteiger partial charge < -0.3 is 5.32 Å². The number of amides is 7. The first-order valence-corrected chi connectivity index (χ1v) is 10.5. The van der Waals surface area contributed by atoms with Crippen LogP contribution in [0.1, 0.15) is 26.3 Å². The number of carbonyl (C=O) groups is 7. The molecule has 0 aromatic heterocycles. The molecule has 3 rings (SSSR count). The molecule has 0 aliphatic carbocycles. The summed E-state index contributed by atoms with van der Waals surface area (Å²) in [5.41, 5.74) is 0.372. The molecule has 1 aromatic rings. The number of rotatable bonds is 1. The molecular weight excluding hydrogens is 491 g/mol. The lowest BCUT2D eigenvalue weighted by molar-refractivity contribution is -0.161. The van der Waals surface area contributed by atoms with Crippen molar-refractivity contribution in [2.45, 2.75) is 20.8 Å². The number of benzene rings is 1. The van der Waals surface area contributed by atoms with Crippen molar-refractivity contribution in [1.29, 1.82) is 0 Å². The SMILES string of the molecule is CC(=O)N1CC(=O)N(C(C)=O)CC1=O.CC(=O)N1CC(=O)N/C(=C\c2c(Cl)cccc2Cl)C1=O. The number of imide groups is 3. The Kier molecular flexibility index (Phi) is 8.66. The van der Waals surface area contributed by atoms with Gasteiger partial charge in [0.05, 0.1) is 0 Å². The molecule has 1 aromatic carbocycles. The highest BCUT2D eigenvalue weighted by Gasteiger charge is 2.34. The number of halogens is 2. The highest BCUT2D eigenvalue weighted by Crippen LogP contribution is 2.27. The van der Waals surface area contributed by atoms with Crippen molar-refractivity contribution in [1.82, 2.24) is 20.0 Å². The molecule has 0 saturated carbocycles. The molecule has 0 radical (unpaired) electrons. The largest absolute Gasteiger partial charge is 0.320 e. The number of nitrogens with zero attached hydrogens (tertiary/aromatic N) is 3. The lowest BCUT2D eigenvalue weighted by Gasteiger charge is -2.29. The van der Waals surface area contributed by atoms with Gasteiger partial charge in [0, 0.05) is 36.4 Å². The van der Waals surface area contributed by atoms with E-state index in [1.165, 1.54) is 26.8 Å². The van der Waals surface area contributed by atoms with Crippen LogP contribution in [0.4, 0.5) is 0 Å². The summed E-state index contributed by atoms with van der Waals surface area (Å²) in [6.45, 7) is 2.66. The summed E-state index contributed by atoms with van der Waals surface area (Å²) in [6, 6.07) is 4.88. The van der Waals surface area contributed by atoms with Crippen LogP contribution < -0.4 is 5.32 Å². The predicted molar refractivity (Wildman–Crippen MR) is 120 cm³/mol. The molecule has 180 valence electrons. The zero-order valence-electron chi connectivity index (χ0n) is 18.4. The third-order valence-corrected chi connectivity index (χ3v) is 5.33. The van der Waals surface area contributed by atoms with E-state index in [0.29, 0.717) is 15.6 Å². The van der Waals surface area contributed by atoms with Crippen LogP contribution in [0.25, 0.3) is 6.08 Å². The molecule has 11 nitrogen and oxygen atoms in total. The summed E-state index contributed by atoms with van der Waals surface area (Å²) in [7, 11) is 0. The van der Waals surface area contributed by atoms with Gasteiger partial charge in [-0.2, -0.15) is 0 Å². The molecule has 0 unspecified atom stereocenters. The van der Waals surface area contributed by atoms with Crippen molar-refractivity contribution in [3.8, 4) is 0 Å². The van der Waals surface area contributed by atoms with E-state index >= 15 is 0 Å². The minimum Gasteiger partial charge on any atom is -0.320 e. The average Bonchev–Trinajstić information content (AvgIpc) is 2.74. The fraction of sp³-hybridized carbons (Fsp3) is 0.286. The number of hydrogen-bond acceptors (Lipinski definition) is 7. The van der Waals surface area contributed by atoms with Crippen molar-refractivity contribution >= 4 is 70.6 Å². The Morgan fingerprint density at radius 3 is 1.65 bits per heavy atom. The van der Waals surface area contributed by atoms with Crippen LogP contribution in [-0.2, 0) is 33.6 Å². The molecule has 0 atom stereocenters. The Bertz CT molecular complexity index is 1080. The van der Waals surface area contributed by atoms with Crippen molar-refractivity contribution in [2.75, 3.05) is 19.6 Å². The van der Waals surface area contributed by atoms with Gasteiger partial charge in [0.25, 0.3) is 5.91 Å². The molecule has 2 fully saturated rings. The molecule has 0 bridgehead atoms. The van der Waals surface area contributed by atoms with E-state index in [4.69, 9.17) is 23.2 Å². The number of piperazine rings is 2. The Labute approximate surface area is 204 Å². The van der Waals surface area contributed by atoms with Crippen molar-refractivity contribution in [3.63, 3.8) is 0 Å². The zero-order chi connectivity index (χ0) is 25.7. The molecular formula is C21H20Cl2N4O7. The lowest BCUT2D eigenvalue weighted by Crippen LogP contribution is -2.56. The molecule has 13 heteroatoms. The number of hydrogen-bond donors (Lipinski definition) is 1. The van der Waals surface area contributed by atoms with Gasteiger partial charge in [0.1, 0.15) is 25.3 Å². The highest BCUT2D eigenvalue weighted by molar-refractivity contribution is 6.37. The topological polar surface area (TPSA) is 141 Å². The second kappa shape index (κ2) is 11.0. The zero-order valence-corrected chi connectivity index (χ0v) is 19.9. The maximum atomic E-state index is 12.1. The van der Waals surface area contributed by atoms with Crippen LogP contribution in [0.5, 0.6) is 0 Å². The third-order valence-electron chi connectivity index (χ3n) is 4.67. The minimum atomic E-state index is -0.590. The first-order valence-electron chi connectivity index (χ1n) is 9.73. The molecule has 2 aliphatic rings. The lowest BCUT2D eigenvalue weighted by atomic mass is 10.1. The van der Waals surface area contributed by atoms with E-state index < -0.39 is 41.4 Å². The Balaban J connectivity index is 0.000000257. The first kappa shape index (κ1) is 26.7. The summed E-state index contributed by atoms with van der Waals surface area (Å²) in [6.07, 6.45) is 1.36. The van der Waals surface area contributed by atoms with Gasteiger partial charge in [-0.1, -0.05) is 29.3 Å². The summed E-state index contributed by atoms with van der Waals surface area (Å²) in [4.78, 5) is 81.7. The van der Waals surface area contributed by atoms with Gasteiger partial charge in [-0.05, 0) is 18.2 Å². The van der Waals surface area contributed by atoms with Crippen molar-refractivity contribution in [3.05, 3.63) is 39.5 Å². The molecule has 2 aliphatic heterocycles. The highest BCUT2D eigenvalue weighted by atomic mass is 35.5. The van der Waals surface area contributed by atoms with E-state index in [1.54, 1.807) is 18.2 Å². The summed E-state index contributed by atoms with van der Waals surface area (Å²) < 4.78 is 0. The van der Waals surface area contributed by atoms with E-state index in [9.17, 15) is 33.6 Å². The van der Waals surface area contributed by atoms with Gasteiger partial charge in [-0.25, -0.2) is 0 Å². The standard InChI is InChI=1S/C13H10Cl2N2O3.C8H10N2O4/c1-7(18)17-6-12(19)16-11(13(17)20)5-8-9(14)3-2-4-10(8)15;1-5(11)9-3-8(14)10(6(2)12)4-7(9)13/h2-5H,6H2,1H3,(H,16,19);3-4H2,1-2H3/b11-5-;. The Morgan fingerprint density at radius 2 is 1.24 bits per heavy atom. The van der Waals surface area contributed by atoms with Crippen LogP contribution >= 0.6 is 23.2 Å². The van der Waals surface area contributed by atoms with E-state index in [0.717, 1.165) is 14.7 Å². The van der Waals surface area contributed by atoms with Crippen LogP contribution in [0.3, 0.4) is 0 Å². The average molecular weight is 511 g/mol. The Morgan fingerprint density at radius 1 is 0.794 bits per heavy atom. The van der Waals surface area contributed by atoms with Crippen LogP contribution in [0, 0.1) is 0 Å². The maximum absolute atomic E-state index is 12.1. The van der Waals surface area contributed by atoms with Gasteiger partial charge in [-0.15, -0.1) is 0 Å². The molecule has 2 saturated heterocycles. The molecule has 1 N–H and O–H groups in total. The van der Waals surface area contributed by atoms with Gasteiger partial charge in [-0.3, -0.25) is 48.3 Å². The van der Waals surface area contributed by atoms with E-state index in [2.05, 4.69) is 5.32 Å². The first-order chi connectivity index (χ1) is 15.8. The molecule has 2 heterocycles. The normalized spacial score (nSPS) is 17.3. The predicted octanol–water partition coefficient (Wildman–Crippen LogP) is 0.589. The molecule has 7 amide bonds. The van der Waals surface area contributed by atoms with Crippen LogP contribution in [0.2, 0.25) is 10.0 Å². The van der Waals surface area contributed by atoms with Crippen LogP contribution in [0.15, 0.2) is 23.9 Å². The van der Waals surface area contributed by atoms with Gasteiger partial charge in [0.2, 0.25) is 35.4 Å². The van der Waals surface area contributed by atoms with Crippen LogP contribution in [-0.4, -0.2) is 75.7 Å². The third kappa shape index (κ3) is 6.27. The fourth-order valence-electron chi connectivity index (χ4n) is 2.94. The molecule has 34 heavy (non-hydrogen) atoms. The second-order valence-corrected chi connectivity index (χ2v) is 7.96. The minimum absolute atomic E-state index is 0.0357. The molecule has 0 spiro atoms. The van der Waals surface area contributed by atoms with E-state index in [1.807, 2.05) is 0 Å². The van der Waals surface area contributed by atoms with E-state index in [-0.39, 0.29) is 25.3 Å². The summed E-state index contributed by atoms with van der Waals surface area (Å²) >= 11 is 12.0. The quantitative estimate of drug-likeness (QED) is 0.544. The summed E-state index contributed by atoms with van der Waals surface area (Å²) in [5, 5.41) is 3.09. The van der Waals surface area contributed by atoms with Gasteiger partial charge in [0.15, 0.2) is 0 Å². The summed E-state index contributed by atoms with van der Waals surface area (Å²) in [5.74, 6) is -3.54. The van der Waals surface area contributed by atoms with Gasteiger partial charge >= 0.3 is 0 Å². The fourth-order valence-corrected chi connectivity index (χ4v) is 3.45. The van der Waals surface area contributed by atoms with Crippen molar-refractivity contribution in [2.24, 2.45) is 0 Å². The monoisotopic (exact) mass is 510 g/mol. The Hall–Kier alpha value is -3.57. The smallest absolute Gasteiger partial charge is 0.277 e. The van der Waals surface area contributed by atoms with Crippen molar-refractivity contribution < 1.29 is 33.6 Å².